The normalized spacial score (nSPS) is 20.3. The van der Waals surface area contributed by atoms with Gasteiger partial charge in [-0.25, -0.2) is 0 Å². The van der Waals surface area contributed by atoms with Crippen LogP contribution in [0.3, 0.4) is 0 Å². The highest BCUT2D eigenvalue weighted by Crippen LogP contribution is 2.37. The molecule has 4 heteroatoms. The molecule has 1 fully saturated rings. The molecule has 1 unspecified atom stereocenters. The number of hydrogen-bond acceptors (Lipinski definition) is 4. The first-order valence-corrected chi connectivity index (χ1v) is 5.97. The Hall–Kier alpha value is -0.870. The minimum Gasteiger partial charge on any atom is -0.497 e. The molecule has 1 aromatic rings. The van der Waals surface area contributed by atoms with Crippen LogP contribution in [0.2, 0.25) is 0 Å². The number of thioether (sulfide) groups is 1. The van der Waals surface area contributed by atoms with Crippen molar-refractivity contribution >= 4 is 11.8 Å². The Balaban J connectivity index is 2.29. The molecule has 1 aromatic carbocycles. The van der Waals surface area contributed by atoms with E-state index in [2.05, 4.69) is 11.4 Å². The highest BCUT2D eigenvalue weighted by atomic mass is 32.2. The molecule has 1 atom stereocenters. The van der Waals surface area contributed by atoms with Gasteiger partial charge in [-0.15, -0.1) is 11.8 Å². The van der Waals surface area contributed by atoms with E-state index in [1.807, 2.05) is 23.9 Å². The Labute approximate surface area is 94.2 Å². The average Bonchev–Trinajstić information content (AvgIpc) is 2.81. The largest absolute Gasteiger partial charge is 0.497 e. The van der Waals surface area contributed by atoms with Crippen molar-refractivity contribution in [2.45, 2.75) is 5.37 Å². The predicted molar refractivity (Wildman–Crippen MR) is 62.7 cm³/mol. The van der Waals surface area contributed by atoms with Gasteiger partial charge < -0.3 is 14.8 Å². The molecule has 3 nitrogen and oxygen atoms in total. The Morgan fingerprint density at radius 2 is 2.20 bits per heavy atom. The highest BCUT2D eigenvalue weighted by Gasteiger charge is 2.20. The Bertz CT molecular complexity index is 337. The first-order chi connectivity index (χ1) is 7.35. The summed E-state index contributed by atoms with van der Waals surface area (Å²) in [5, 5.41) is 3.78. The quantitative estimate of drug-likeness (QED) is 0.852. The molecule has 0 aromatic heterocycles. The third-order valence-electron chi connectivity index (χ3n) is 2.44. The van der Waals surface area contributed by atoms with Gasteiger partial charge in [0.15, 0.2) is 0 Å². The van der Waals surface area contributed by atoms with Crippen LogP contribution < -0.4 is 14.8 Å². The van der Waals surface area contributed by atoms with E-state index < -0.39 is 0 Å². The third kappa shape index (κ3) is 2.21. The fourth-order valence-corrected chi connectivity index (χ4v) is 2.74. The van der Waals surface area contributed by atoms with Crippen LogP contribution in [-0.2, 0) is 0 Å². The van der Waals surface area contributed by atoms with Crippen LogP contribution in [0.25, 0.3) is 0 Å². The van der Waals surface area contributed by atoms with E-state index in [0.717, 1.165) is 23.8 Å². The van der Waals surface area contributed by atoms with E-state index in [4.69, 9.17) is 9.47 Å². The lowest BCUT2D eigenvalue weighted by atomic mass is 10.2. The molecule has 0 radical (unpaired) electrons. The Morgan fingerprint density at radius 3 is 2.80 bits per heavy atom. The van der Waals surface area contributed by atoms with Gasteiger partial charge in [0.25, 0.3) is 0 Å². The number of rotatable bonds is 3. The summed E-state index contributed by atoms with van der Waals surface area (Å²) in [4.78, 5) is 0. The predicted octanol–water partition coefficient (Wildman–Crippen LogP) is 2.04. The molecule has 1 saturated heterocycles. The second-order valence-corrected chi connectivity index (χ2v) is 4.53. The molecular formula is C11H15NO2S. The number of hydrogen-bond donors (Lipinski definition) is 1. The number of methoxy groups -OCH3 is 2. The Morgan fingerprint density at radius 1 is 1.33 bits per heavy atom. The molecule has 1 N–H and O–H groups in total. The average molecular weight is 225 g/mol. The van der Waals surface area contributed by atoms with Gasteiger partial charge in [0, 0.05) is 23.9 Å². The van der Waals surface area contributed by atoms with E-state index in [9.17, 15) is 0 Å². The lowest BCUT2D eigenvalue weighted by molar-refractivity contribution is 0.390. The minimum absolute atomic E-state index is 0.353. The maximum Gasteiger partial charge on any atom is 0.128 e. The zero-order valence-corrected chi connectivity index (χ0v) is 9.76. The number of benzene rings is 1. The van der Waals surface area contributed by atoms with E-state index in [1.54, 1.807) is 14.2 Å². The summed E-state index contributed by atoms with van der Waals surface area (Å²) < 4.78 is 10.5. The molecule has 15 heavy (non-hydrogen) atoms. The van der Waals surface area contributed by atoms with Gasteiger partial charge in [0.05, 0.1) is 19.6 Å². The van der Waals surface area contributed by atoms with Crippen molar-refractivity contribution in [2.24, 2.45) is 0 Å². The van der Waals surface area contributed by atoms with Crippen molar-refractivity contribution in [3.8, 4) is 11.5 Å². The van der Waals surface area contributed by atoms with E-state index in [-0.39, 0.29) is 0 Å². The standard InChI is InChI=1S/C11H15NO2S/c1-13-8-3-4-9(10(7-8)14-2)11-12-5-6-15-11/h3-4,7,11-12H,5-6H2,1-2H3. The lowest BCUT2D eigenvalue weighted by Gasteiger charge is -2.15. The smallest absolute Gasteiger partial charge is 0.128 e. The highest BCUT2D eigenvalue weighted by molar-refractivity contribution is 7.99. The van der Waals surface area contributed by atoms with Crippen molar-refractivity contribution in [3.63, 3.8) is 0 Å². The monoisotopic (exact) mass is 225 g/mol. The van der Waals surface area contributed by atoms with E-state index in [1.165, 1.54) is 5.56 Å². The molecule has 0 bridgehead atoms. The first-order valence-electron chi connectivity index (χ1n) is 4.92. The third-order valence-corrected chi connectivity index (χ3v) is 3.63. The summed E-state index contributed by atoms with van der Waals surface area (Å²) in [6.45, 7) is 1.06. The molecule has 82 valence electrons. The number of ether oxygens (including phenoxy) is 2. The Kier molecular flexibility index (Phi) is 3.38. The topological polar surface area (TPSA) is 30.5 Å². The molecule has 0 aliphatic carbocycles. The van der Waals surface area contributed by atoms with Crippen LogP contribution in [0.4, 0.5) is 0 Å². The molecule has 1 heterocycles. The fourth-order valence-electron chi connectivity index (χ4n) is 1.66. The summed E-state index contributed by atoms with van der Waals surface area (Å²) >= 11 is 1.91. The second-order valence-electron chi connectivity index (χ2n) is 3.31. The zero-order valence-electron chi connectivity index (χ0n) is 8.95. The van der Waals surface area contributed by atoms with Gasteiger partial charge in [0.1, 0.15) is 11.5 Å². The van der Waals surface area contributed by atoms with Crippen molar-refractivity contribution in [3.05, 3.63) is 23.8 Å². The summed E-state index contributed by atoms with van der Waals surface area (Å²) in [6.07, 6.45) is 0. The molecule has 2 rings (SSSR count). The number of nitrogens with one attached hydrogen (secondary N) is 1. The summed E-state index contributed by atoms with van der Waals surface area (Å²) in [5.74, 6) is 2.87. The molecule has 0 spiro atoms. The van der Waals surface area contributed by atoms with Gasteiger partial charge in [-0.3, -0.25) is 0 Å². The maximum absolute atomic E-state index is 5.37. The zero-order chi connectivity index (χ0) is 10.7. The van der Waals surface area contributed by atoms with E-state index in [0.29, 0.717) is 5.37 Å². The first kappa shape index (κ1) is 10.6. The van der Waals surface area contributed by atoms with Crippen molar-refractivity contribution in [1.82, 2.24) is 5.32 Å². The van der Waals surface area contributed by atoms with E-state index >= 15 is 0 Å². The van der Waals surface area contributed by atoms with Crippen LogP contribution in [0.15, 0.2) is 18.2 Å². The lowest BCUT2D eigenvalue weighted by Crippen LogP contribution is -2.12. The second kappa shape index (κ2) is 4.77. The van der Waals surface area contributed by atoms with Gasteiger partial charge in [-0.05, 0) is 12.1 Å². The van der Waals surface area contributed by atoms with Crippen molar-refractivity contribution in [2.75, 3.05) is 26.5 Å². The molecule has 0 amide bonds. The fraction of sp³-hybridized carbons (Fsp3) is 0.455. The van der Waals surface area contributed by atoms with Crippen LogP contribution in [0.5, 0.6) is 11.5 Å². The van der Waals surface area contributed by atoms with Gasteiger partial charge in [-0.2, -0.15) is 0 Å². The molecular weight excluding hydrogens is 210 g/mol. The minimum atomic E-state index is 0.353. The van der Waals surface area contributed by atoms with Crippen molar-refractivity contribution in [1.29, 1.82) is 0 Å². The van der Waals surface area contributed by atoms with Crippen LogP contribution in [0, 0.1) is 0 Å². The van der Waals surface area contributed by atoms with Gasteiger partial charge in [0.2, 0.25) is 0 Å². The molecule has 1 aliphatic heterocycles. The van der Waals surface area contributed by atoms with Crippen LogP contribution in [-0.4, -0.2) is 26.5 Å². The van der Waals surface area contributed by atoms with Gasteiger partial charge in [-0.1, -0.05) is 0 Å². The van der Waals surface area contributed by atoms with Crippen molar-refractivity contribution < 1.29 is 9.47 Å². The summed E-state index contributed by atoms with van der Waals surface area (Å²) in [6, 6.07) is 5.96. The molecule has 0 saturated carbocycles. The maximum atomic E-state index is 5.37. The molecule has 1 aliphatic rings. The van der Waals surface area contributed by atoms with Gasteiger partial charge >= 0.3 is 0 Å². The summed E-state index contributed by atoms with van der Waals surface area (Å²) in [5.41, 5.74) is 1.20. The summed E-state index contributed by atoms with van der Waals surface area (Å²) in [7, 11) is 3.36. The SMILES string of the molecule is COc1ccc(C2NCCS2)c(OC)c1. The van der Waals surface area contributed by atoms with Crippen LogP contribution in [0.1, 0.15) is 10.9 Å². The van der Waals surface area contributed by atoms with Crippen LogP contribution >= 0.6 is 11.8 Å².